The fraction of sp³-hybridized carbons (Fsp3) is 0.400. The van der Waals surface area contributed by atoms with Crippen LogP contribution in [0.25, 0.3) is 0 Å². The molecule has 1 aliphatic heterocycles. The maximum absolute atomic E-state index is 12.3. The lowest BCUT2D eigenvalue weighted by molar-refractivity contribution is -0.129. The van der Waals surface area contributed by atoms with Crippen LogP contribution >= 0.6 is 0 Å². The third-order valence-corrected chi connectivity index (χ3v) is 3.57. The van der Waals surface area contributed by atoms with E-state index in [4.69, 9.17) is 4.74 Å². The Kier molecular flexibility index (Phi) is 3.60. The molecule has 0 bridgehead atoms. The summed E-state index contributed by atoms with van der Waals surface area (Å²) in [4.78, 5) is 16.5. The summed E-state index contributed by atoms with van der Waals surface area (Å²) in [5, 5.41) is 9.73. The molecule has 1 aliphatic rings. The number of aryl methyl sites for hydroxylation is 2. The first-order valence-corrected chi connectivity index (χ1v) is 7.07. The first-order chi connectivity index (χ1) is 10.1. The van der Waals surface area contributed by atoms with Gasteiger partial charge in [-0.15, -0.1) is 0 Å². The SMILES string of the molecule is Cc1nc([C@@H](C)NC(=O)[C@H]2CCc3ccccc3O2)n[nH]1. The first-order valence-electron chi connectivity index (χ1n) is 7.07. The molecule has 0 saturated carbocycles. The quantitative estimate of drug-likeness (QED) is 0.899. The summed E-state index contributed by atoms with van der Waals surface area (Å²) >= 11 is 0. The number of aromatic amines is 1. The maximum atomic E-state index is 12.3. The molecule has 0 fully saturated rings. The van der Waals surface area contributed by atoms with E-state index in [1.165, 1.54) is 0 Å². The summed E-state index contributed by atoms with van der Waals surface area (Å²) in [6.07, 6.45) is 1.08. The van der Waals surface area contributed by atoms with Gasteiger partial charge in [-0.1, -0.05) is 18.2 Å². The number of H-pyrrole nitrogens is 1. The number of ether oxygens (including phenoxy) is 1. The Labute approximate surface area is 122 Å². The van der Waals surface area contributed by atoms with Crippen LogP contribution in [-0.4, -0.2) is 27.2 Å². The van der Waals surface area contributed by atoms with Crippen LogP contribution in [-0.2, 0) is 11.2 Å². The molecule has 3 rings (SSSR count). The lowest BCUT2D eigenvalue weighted by Crippen LogP contribution is -2.41. The van der Waals surface area contributed by atoms with Crippen LogP contribution in [0.3, 0.4) is 0 Å². The van der Waals surface area contributed by atoms with Gasteiger partial charge < -0.3 is 10.1 Å². The van der Waals surface area contributed by atoms with E-state index in [1.807, 2.05) is 38.1 Å². The van der Waals surface area contributed by atoms with Gasteiger partial charge in [0.2, 0.25) is 0 Å². The normalized spacial score (nSPS) is 18.5. The molecule has 0 spiro atoms. The van der Waals surface area contributed by atoms with Gasteiger partial charge in [-0.3, -0.25) is 9.89 Å². The second-order valence-electron chi connectivity index (χ2n) is 5.26. The van der Waals surface area contributed by atoms with Gasteiger partial charge in [0.15, 0.2) is 11.9 Å². The summed E-state index contributed by atoms with van der Waals surface area (Å²) in [6.45, 7) is 3.68. The monoisotopic (exact) mass is 286 g/mol. The van der Waals surface area contributed by atoms with Crippen molar-refractivity contribution >= 4 is 5.91 Å². The van der Waals surface area contributed by atoms with Gasteiger partial charge in [0.1, 0.15) is 11.6 Å². The maximum Gasteiger partial charge on any atom is 0.261 e. The van der Waals surface area contributed by atoms with Crippen LogP contribution in [0.15, 0.2) is 24.3 Å². The molecule has 2 aromatic rings. The van der Waals surface area contributed by atoms with E-state index in [0.717, 1.165) is 23.6 Å². The number of rotatable bonds is 3. The number of hydrogen-bond donors (Lipinski definition) is 2. The van der Waals surface area contributed by atoms with Gasteiger partial charge in [-0.05, 0) is 38.3 Å². The molecule has 6 nitrogen and oxygen atoms in total. The van der Waals surface area contributed by atoms with Gasteiger partial charge in [0.25, 0.3) is 5.91 Å². The Morgan fingerprint density at radius 2 is 2.29 bits per heavy atom. The van der Waals surface area contributed by atoms with Crippen molar-refractivity contribution in [3.8, 4) is 5.75 Å². The van der Waals surface area contributed by atoms with Crippen molar-refractivity contribution in [3.63, 3.8) is 0 Å². The van der Waals surface area contributed by atoms with Gasteiger partial charge in [0, 0.05) is 0 Å². The summed E-state index contributed by atoms with van der Waals surface area (Å²) in [5.74, 6) is 1.98. The molecule has 2 atom stereocenters. The van der Waals surface area contributed by atoms with E-state index in [0.29, 0.717) is 12.2 Å². The first kappa shape index (κ1) is 13.6. The van der Waals surface area contributed by atoms with Crippen LogP contribution in [0.4, 0.5) is 0 Å². The molecule has 0 saturated heterocycles. The third-order valence-electron chi connectivity index (χ3n) is 3.57. The zero-order chi connectivity index (χ0) is 14.8. The average Bonchev–Trinajstić information content (AvgIpc) is 2.93. The lowest BCUT2D eigenvalue weighted by atomic mass is 10.0. The highest BCUT2D eigenvalue weighted by atomic mass is 16.5. The topological polar surface area (TPSA) is 79.9 Å². The van der Waals surface area contributed by atoms with E-state index in [1.54, 1.807) is 0 Å². The molecule has 1 aromatic carbocycles. The number of amides is 1. The number of carbonyl (C=O) groups excluding carboxylic acids is 1. The van der Waals surface area contributed by atoms with Crippen LogP contribution in [0.2, 0.25) is 0 Å². The number of para-hydroxylation sites is 1. The number of aromatic nitrogens is 3. The molecule has 1 aromatic heterocycles. The number of nitrogens with one attached hydrogen (secondary N) is 2. The zero-order valence-corrected chi connectivity index (χ0v) is 12.1. The molecule has 21 heavy (non-hydrogen) atoms. The Balaban J connectivity index is 1.64. The Bertz CT molecular complexity index is 653. The van der Waals surface area contributed by atoms with Crippen molar-refractivity contribution in [2.45, 2.75) is 38.8 Å². The smallest absolute Gasteiger partial charge is 0.261 e. The van der Waals surface area contributed by atoms with Crippen molar-refractivity contribution in [1.29, 1.82) is 0 Å². The molecular formula is C15H18N4O2. The molecule has 0 radical (unpaired) electrons. The summed E-state index contributed by atoms with van der Waals surface area (Å²) < 4.78 is 5.78. The van der Waals surface area contributed by atoms with Crippen LogP contribution < -0.4 is 10.1 Å². The summed E-state index contributed by atoms with van der Waals surface area (Å²) in [6, 6.07) is 7.58. The number of nitrogens with zero attached hydrogens (tertiary/aromatic N) is 2. The number of benzene rings is 1. The minimum Gasteiger partial charge on any atom is -0.480 e. The second-order valence-corrected chi connectivity index (χ2v) is 5.26. The predicted molar refractivity (Wildman–Crippen MR) is 76.9 cm³/mol. The van der Waals surface area contributed by atoms with Gasteiger partial charge >= 0.3 is 0 Å². The number of hydrogen-bond acceptors (Lipinski definition) is 4. The standard InChI is InChI=1S/C15H18N4O2/c1-9(14-17-10(2)18-19-14)16-15(20)13-8-7-11-5-3-4-6-12(11)21-13/h3-6,9,13H,7-8H2,1-2H3,(H,16,20)(H,17,18,19)/t9-,13-/m1/s1. The van der Waals surface area contributed by atoms with E-state index < -0.39 is 6.10 Å². The molecule has 110 valence electrons. The minimum absolute atomic E-state index is 0.126. The summed E-state index contributed by atoms with van der Waals surface area (Å²) in [7, 11) is 0. The van der Waals surface area contributed by atoms with Crippen LogP contribution in [0.5, 0.6) is 5.75 Å². The van der Waals surface area contributed by atoms with E-state index >= 15 is 0 Å². The van der Waals surface area contributed by atoms with Crippen molar-refractivity contribution in [3.05, 3.63) is 41.5 Å². The molecule has 2 N–H and O–H groups in total. The van der Waals surface area contributed by atoms with Gasteiger partial charge in [0.05, 0.1) is 6.04 Å². The second kappa shape index (κ2) is 5.55. The van der Waals surface area contributed by atoms with E-state index in [9.17, 15) is 4.79 Å². The van der Waals surface area contributed by atoms with Crippen molar-refractivity contribution in [2.24, 2.45) is 0 Å². The molecule has 0 unspecified atom stereocenters. The minimum atomic E-state index is -0.456. The van der Waals surface area contributed by atoms with Crippen molar-refractivity contribution < 1.29 is 9.53 Å². The zero-order valence-electron chi connectivity index (χ0n) is 12.1. The predicted octanol–water partition coefficient (Wildman–Crippen LogP) is 1.68. The number of fused-ring (bicyclic) bond motifs is 1. The van der Waals surface area contributed by atoms with Gasteiger partial charge in [-0.2, -0.15) is 5.10 Å². The van der Waals surface area contributed by atoms with E-state index in [-0.39, 0.29) is 11.9 Å². The highest BCUT2D eigenvalue weighted by Gasteiger charge is 2.27. The molecule has 1 amide bonds. The van der Waals surface area contributed by atoms with Crippen molar-refractivity contribution in [1.82, 2.24) is 20.5 Å². The fourth-order valence-corrected chi connectivity index (χ4v) is 2.43. The van der Waals surface area contributed by atoms with Crippen molar-refractivity contribution in [2.75, 3.05) is 0 Å². The Morgan fingerprint density at radius 3 is 3.05 bits per heavy atom. The lowest BCUT2D eigenvalue weighted by Gasteiger charge is -2.26. The molecule has 6 heteroatoms. The van der Waals surface area contributed by atoms with Crippen LogP contribution in [0, 0.1) is 6.92 Å². The number of carbonyl (C=O) groups is 1. The van der Waals surface area contributed by atoms with Crippen LogP contribution in [0.1, 0.15) is 36.6 Å². The fourth-order valence-electron chi connectivity index (χ4n) is 2.43. The Morgan fingerprint density at radius 1 is 1.48 bits per heavy atom. The average molecular weight is 286 g/mol. The summed E-state index contributed by atoms with van der Waals surface area (Å²) in [5.41, 5.74) is 1.15. The highest BCUT2D eigenvalue weighted by molar-refractivity contribution is 5.81. The largest absolute Gasteiger partial charge is 0.480 e. The van der Waals surface area contributed by atoms with Gasteiger partial charge in [-0.25, -0.2) is 4.98 Å². The molecular weight excluding hydrogens is 268 g/mol. The van der Waals surface area contributed by atoms with E-state index in [2.05, 4.69) is 20.5 Å². The molecule has 2 heterocycles. The highest BCUT2D eigenvalue weighted by Crippen LogP contribution is 2.27. The Hall–Kier alpha value is -2.37. The molecule has 0 aliphatic carbocycles. The third kappa shape index (κ3) is 2.89.